The third kappa shape index (κ3) is 2.71. The highest BCUT2D eigenvalue weighted by atomic mass is 16.2. The van der Waals surface area contributed by atoms with Gasteiger partial charge < -0.3 is 14.6 Å². The van der Waals surface area contributed by atoms with E-state index in [1.807, 2.05) is 52.0 Å². The molecule has 1 N–H and O–H groups in total. The third-order valence-corrected chi connectivity index (χ3v) is 4.36. The summed E-state index contributed by atoms with van der Waals surface area (Å²) in [6.45, 7) is 2.23. The van der Waals surface area contributed by atoms with Crippen molar-refractivity contribution in [2.75, 3.05) is 18.4 Å². The zero-order valence-electron chi connectivity index (χ0n) is 13.4. The monoisotopic (exact) mass is 321 g/mol. The van der Waals surface area contributed by atoms with Crippen molar-refractivity contribution in [1.82, 2.24) is 19.3 Å². The number of fused-ring (bicyclic) bond motifs is 1. The lowest BCUT2D eigenvalue weighted by atomic mass is 10.2. The molecule has 122 valence electrons. The minimum atomic E-state index is 0.0567. The number of carbonyl (C=O) groups excluding carboxylic acids is 1. The van der Waals surface area contributed by atoms with Crippen LogP contribution in [0.5, 0.6) is 0 Å². The first-order chi connectivity index (χ1) is 11.8. The molecule has 1 aliphatic heterocycles. The number of rotatable bonds is 4. The number of hydrogen-bond donors (Lipinski definition) is 1. The van der Waals surface area contributed by atoms with Crippen molar-refractivity contribution in [3.05, 3.63) is 60.2 Å². The van der Waals surface area contributed by atoms with E-state index in [1.54, 1.807) is 6.20 Å². The van der Waals surface area contributed by atoms with Crippen molar-refractivity contribution in [3.8, 4) is 0 Å². The number of imidazole rings is 1. The molecule has 6 nitrogen and oxygen atoms in total. The quantitative estimate of drug-likeness (QED) is 0.802. The molecule has 0 bridgehead atoms. The Labute approximate surface area is 140 Å². The number of hydrogen-bond acceptors (Lipinski definition) is 4. The standard InChI is InChI=1S/C18H19N5O/c24-18(22-9-3-4-10-22)15-6-5-8-19-17(15)21-13-14-12-20-16-7-1-2-11-23(14)16/h1-2,5-8,11-12H,3-4,9-10,13H2,(H,19,21). The molecule has 1 aliphatic rings. The third-order valence-electron chi connectivity index (χ3n) is 4.36. The summed E-state index contributed by atoms with van der Waals surface area (Å²) < 4.78 is 2.03. The Bertz CT molecular complexity index is 866. The fourth-order valence-electron chi connectivity index (χ4n) is 3.10. The van der Waals surface area contributed by atoms with Gasteiger partial charge in [0.15, 0.2) is 0 Å². The Morgan fingerprint density at radius 2 is 2.00 bits per heavy atom. The van der Waals surface area contributed by atoms with Gasteiger partial charge in [0.1, 0.15) is 11.5 Å². The molecule has 0 atom stereocenters. The van der Waals surface area contributed by atoms with Gasteiger partial charge in [-0.3, -0.25) is 4.79 Å². The maximum absolute atomic E-state index is 12.7. The lowest BCUT2D eigenvalue weighted by Gasteiger charge is -2.17. The maximum atomic E-state index is 12.7. The zero-order valence-corrected chi connectivity index (χ0v) is 13.4. The van der Waals surface area contributed by atoms with Gasteiger partial charge in [-0.2, -0.15) is 0 Å². The summed E-state index contributed by atoms with van der Waals surface area (Å²) in [6.07, 6.45) is 7.69. The number of carbonyl (C=O) groups is 1. The molecule has 0 saturated carbocycles. The van der Waals surface area contributed by atoms with Crippen molar-refractivity contribution in [2.45, 2.75) is 19.4 Å². The minimum Gasteiger partial charge on any atom is -0.364 e. The van der Waals surface area contributed by atoms with Gasteiger partial charge in [0, 0.05) is 25.5 Å². The van der Waals surface area contributed by atoms with Crippen LogP contribution in [0, 0.1) is 0 Å². The first kappa shape index (κ1) is 14.7. The molecule has 6 heteroatoms. The van der Waals surface area contributed by atoms with E-state index in [0.717, 1.165) is 37.3 Å². The molecule has 1 fully saturated rings. The Balaban J connectivity index is 1.55. The summed E-state index contributed by atoms with van der Waals surface area (Å²) in [5.41, 5.74) is 2.56. The zero-order chi connectivity index (χ0) is 16.4. The summed E-state index contributed by atoms with van der Waals surface area (Å²) in [5.74, 6) is 0.682. The van der Waals surface area contributed by atoms with Crippen molar-refractivity contribution in [3.63, 3.8) is 0 Å². The first-order valence-electron chi connectivity index (χ1n) is 8.22. The number of nitrogens with zero attached hydrogens (tertiary/aromatic N) is 4. The first-order valence-corrected chi connectivity index (χ1v) is 8.22. The topological polar surface area (TPSA) is 62.5 Å². The molecule has 0 spiro atoms. The second kappa shape index (κ2) is 6.31. The van der Waals surface area contributed by atoms with E-state index < -0.39 is 0 Å². The van der Waals surface area contributed by atoms with Crippen LogP contribution in [0.3, 0.4) is 0 Å². The molecule has 0 radical (unpaired) electrons. The SMILES string of the molecule is O=C(c1cccnc1NCc1cnc2ccccn12)N1CCCC1. The molecule has 0 aliphatic carbocycles. The van der Waals surface area contributed by atoms with Gasteiger partial charge in [-0.25, -0.2) is 9.97 Å². The predicted octanol–water partition coefficient (Wildman–Crippen LogP) is 2.58. The Hall–Kier alpha value is -2.89. The highest BCUT2D eigenvalue weighted by molar-refractivity contribution is 5.98. The minimum absolute atomic E-state index is 0.0567. The molecule has 1 amide bonds. The van der Waals surface area contributed by atoms with Gasteiger partial charge in [0.05, 0.1) is 24.0 Å². The molecular weight excluding hydrogens is 302 g/mol. The van der Waals surface area contributed by atoms with Gasteiger partial charge in [-0.1, -0.05) is 6.07 Å². The highest BCUT2D eigenvalue weighted by Gasteiger charge is 2.22. The molecule has 0 unspecified atom stereocenters. The van der Waals surface area contributed by atoms with E-state index in [-0.39, 0.29) is 5.91 Å². The Kier molecular flexibility index (Phi) is 3.86. The van der Waals surface area contributed by atoms with Crippen LogP contribution in [0.2, 0.25) is 0 Å². The van der Waals surface area contributed by atoms with Crippen LogP contribution in [-0.4, -0.2) is 38.3 Å². The summed E-state index contributed by atoms with van der Waals surface area (Å²) >= 11 is 0. The predicted molar refractivity (Wildman–Crippen MR) is 91.9 cm³/mol. The largest absolute Gasteiger partial charge is 0.364 e. The van der Waals surface area contributed by atoms with Gasteiger partial charge >= 0.3 is 0 Å². The molecule has 0 aromatic carbocycles. The van der Waals surface area contributed by atoms with Crippen LogP contribution >= 0.6 is 0 Å². The van der Waals surface area contributed by atoms with E-state index in [0.29, 0.717) is 17.9 Å². The number of nitrogens with one attached hydrogen (secondary N) is 1. The van der Waals surface area contributed by atoms with E-state index >= 15 is 0 Å². The second-order valence-corrected chi connectivity index (χ2v) is 5.93. The van der Waals surface area contributed by atoms with Crippen LogP contribution < -0.4 is 5.32 Å². The number of amides is 1. The van der Waals surface area contributed by atoms with Crippen LogP contribution in [0.4, 0.5) is 5.82 Å². The molecule has 4 heterocycles. The fraction of sp³-hybridized carbons (Fsp3) is 0.278. The second-order valence-electron chi connectivity index (χ2n) is 5.93. The normalized spacial score (nSPS) is 14.2. The highest BCUT2D eigenvalue weighted by Crippen LogP contribution is 2.19. The average Bonchev–Trinajstić information content (AvgIpc) is 3.30. The van der Waals surface area contributed by atoms with Crippen LogP contribution in [-0.2, 0) is 6.54 Å². The number of likely N-dealkylation sites (tertiary alicyclic amines) is 1. The number of aromatic nitrogens is 3. The number of pyridine rings is 2. The number of anilines is 1. The summed E-state index contributed by atoms with van der Waals surface area (Å²) in [7, 11) is 0. The molecule has 1 saturated heterocycles. The smallest absolute Gasteiger partial charge is 0.257 e. The lowest BCUT2D eigenvalue weighted by molar-refractivity contribution is 0.0793. The van der Waals surface area contributed by atoms with Crippen molar-refractivity contribution >= 4 is 17.4 Å². The Morgan fingerprint density at radius 1 is 1.12 bits per heavy atom. The maximum Gasteiger partial charge on any atom is 0.257 e. The molecule has 3 aromatic heterocycles. The average molecular weight is 321 g/mol. The van der Waals surface area contributed by atoms with Crippen LogP contribution in [0.15, 0.2) is 48.9 Å². The van der Waals surface area contributed by atoms with Gasteiger partial charge in [-0.15, -0.1) is 0 Å². The van der Waals surface area contributed by atoms with Crippen molar-refractivity contribution in [2.24, 2.45) is 0 Å². The molecule has 24 heavy (non-hydrogen) atoms. The van der Waals surface area contributed by atoms with Gasteiger partial charge in [-0.05, 0) is 37.1 Å². The van der Waals surface area contributed by atoms with E-state index in [2.05, 4.69) is 15.3 Å². The van der Waals surface area contributed by atoms with Gasteiger partial charge in [0.2, 0.25) is 0 Å². The molecule has 3 aromatic rings. The van der Waals surface area contributed by atoms with Crippen LogP contribution in [0.1, 0.15) is 28.9 Å². The Morgan fingerprint density at radius 3 is 2.88 bits per heavy atom. The summed E-state index contributed by atoms with van der Waals surface area (Å²) in [6, 6.07) is 9.55. The molecular formula is C18H19N5O. The van der Waals surface area contributed by atoms with Gasteiger partial charge in [0.25, 0.3) is 5.91 Å². The van der Waals surface area contributed by atoms with E-state index in [4.69, 9.17) is 0 Å². The van der Waals surface area contributed by atoms with E-state index in [9.17, 15) is 4.79 Å². The van der Waals surface area contributed by atoms with E-state index in [1.165, 1.54) is 0 Å². The fourth-order valence-corrected chi connectivity index (χ4v) is 3.10. The summed E-state index contributed by atoms with van der Waals surface area (Å²) in [4.78, 5) is 23.3. The lowest BCUT2D eigenvalue weighted by Crippen LogP contribution is -2.28. The van der Waals surface area contributed by atoms with Crippen molar-refractivity contribution in [1.29, 1.82) is 0 Å². The van der Waals surface area contributed by atoms with Crippen LogP contribution in [0.25, 0.3) is 5.65 Å². The summed E-state index contributed by atoms with van der Waals surface area (Å²) in [5, 5.41) is 3.29. The van der Waals surface area contributed by atoms with Crippen molar-refractivity contribution < 1.29 is 4.79 Å². The molecule has 4 rings (SSSR count).